The van der Waals surface area contributed by atoms with Crippen LogP contribution in [0, 0.1) is 5.92 Å². The normalized spacial score (nSPS) is 13.1. The molecule has 3 rings (SSSR count). The molecule has 0 spiro atoms. The summed E-state index contributed by atoms with van der Waals surface area (Å²) in [5, 5.41) is 12.6. The minimum Gasteiger partial charge on any atom is -0.456 e. The van der Waals surface area contributed by atoms with Crippen LogP contribution in [0.15, 0.2) is 59.0 Å². The van der Waals surface area contributed by atoms with Crippen molar-refractivity contribution in [1.29, 1.82) is 0 Å². The summed E-state index contributed by atoms with van der Waals surface area (Å²) in [6.07, 6.45) is 0.678. The second-order valence-electron chi connectivity index (χ2n) is 6.54. The Morgan fingerprint density at radius 2 is 1.89 bits per heavy atom. The van der Waals surface area contributed by atoms with Gasteiger partial charge in [-0.15, -0.1) is 0 Å². The fourth-order valence-corrected chi connectivity index (χ4v) is 2.93. The summed E-state index contributed by atoms with van der Waals surface area (Å²) in [6, 6.07) is 15.8. The zero-order chi connectivity index (χ0) is 19.4. The van der Waals surface area contributed by atoms with Gasteiger partial charge in [0.15, 0.2) is 0 Å². The van der Waals surface area contributed by atoms with Crippen LogP contribution >= 0.6 is 0 Å². The summed E-state index contributed by atoms with van der Waals surface area (Å²) in [5.41, 5.74) is 3.58. The Morgan fingerprint density at radius 1 is 1.11 bits per heavy atom. The van der Waals surface area contributed by atoms with Gasteiger partial charge >= 0.3 is 0 Å². The molecule has 2 atom stereocenters. The third-order valence-electron chi connectivity index (χ3n) is 4.73. The van der Waals surface area contributed by atoms with Crippen LogP contribution in [0.3, 0.4) is 0 Å². The predicted molar refractivity (Wildman–Crippen MR) is 102 cm³/mol. The zero-order valence-corrected chi connectivity index (χ0v) is 15.2. The predicted octanol–water partition coefficient (Wildman–Crippen LogP) is 3.75. The van der Waals surface area contributed by atoms with E-state index in [1.54, 1.807) is 23.7 Å². The van der Waals surface area contributed by atoms with Crippen molar-refractivity contribution < 1.29 is 19.2 Å². The van der Waals surface area contributed by atoms with Crippen molar-refractivity contribution in [2.45, 2.75) is 26.3 Å². The number of carbonyl (C=O) groups is 2. The first-order chi connectivity index (χ1) is 13.0. The summed E-state index contributed by atoms with van der Waals surface area (Å²) < 4.78 is 5.85. The first kappa shape index (κ1) is 18.7. The summed E-state index contributed by atoms with van der Waals surface area (Å²) in [7, 11) is 0. The van der Waals surface area contributed by atoms with Crippen LogP contribution in [0.5, 0.6) is 0 Å². The Kier molecular flexibility index (Phi) is 5.57. The molecule has 0 aliphatic carbocycles. The molecule has 140 valence electrons. The van der Waals surface area contributed by atoms with Gasteiger partial charge in [0.05, 0.1) is 0 Å². The average Bonchev–Trinajstić information content (AvgIpc) is 3.15. The van der Waals surface area contributed by atoms with Gasteiger partial charge < -0.3 is 9.73 Å². The average molecular weight is 366 g/mol. The van der Waals surface area contributed by atoms with E-state index in [-0.39, 0.29) is 11.8 Å². The van der Waals surface area contributed by atoms with E-state index in [1.165, 1.54) is 0 Å². The highest BCUT2D eigenvalue weighted by Gasteiger charge is 2.26. The van der Waals surface area contributed by atoms with Crippen LogP contribution in [0.1, 0.15) is 30.6 Å². The molecular weight excluding hydrogens is 344 g/mol. The number of nitrogens with one attached hydrogen (secondary N) is 2. The van der Waals surface area contributed by atoms with Gasteiger partial charge in [0.1, 0.15) is 17.4 Å². The van der Waals surface area contributed by atoms with Crippen molar-refractivity contribution in [2.24, 2.45) is 5.92 Å². The fraction of sp³-hybridized carbons (Fsp3) is 0.238. The monoisotopic (exact) mass is 366 g/mol. The SMILES string of the molecule is CC[C@H](C)[C@H](NC(=O)c1cccc(-c2cc3ccccc3o2)c1)C(=O)NO. The highest BCUT2D eigenvalue weighted by atomic mass is 16.5. The molecule has 0 aliphatic heterocycles. The summed E-state index contributed by atoms with van der Waals surface area (Å²) in [4.78, 5) is 24.5. The minimum atomic E-state index is -0.817. The number of hydrogen-bond acceptors (Lipinski definition) is 4. The maximum Gasteiger partial charge on any atom is 0.266 e. The lowest BCUT2D eigenvalue weighted by Gasteiger charge is -2.22. The van der Waals surface area contributed by atoms with E-state index in [0.717, 1.165) is 16.5 Å². The van der Waals surface area contributed by atoms with Crippen molar-refractivity contribution in [1.82, 2.24) is 10.8 Å². The molecule has 0 aliphatic rings. The Bertz CT molecular complexity index is 930. The number of furan rings is 1. The van der Waals surface area contributed by atoms with Gasteiger partial charge in [0.2, 0.25) is 0 Å². The summed E-state index contributed by atoms with van der Waals surface area (Å²) in [6.45, 7) is 3.75. The molecule has 2 aromatic carbocycles. The number of hydrogen-bond donors (Lipinski definition) is 3. The Labute approximate surface area is 157 Å². The van der Waals surface area contributed by atoms with Crippen LogP contribution in [0.2, 0.25) is 0 Å². The molecule has 0 saturated carbocycles. The van der Waals surface area contributed by atoms with Gasteiger partial charge in [-0.1, -0.05) is 50.6 Å². The smallest absolute Gasteiger partial charge is 0.266 e. The molecule has 0 fully saturated rings. The van der Waals surface area contributed by atoms with E-state index < -0.39 is 11.9 Å². The van der Waals surface area contributed by atoms with E-state index in [1.807, 2.05) is 50.2 Å². The van der Waals surface area contributed by atoms with E-state index >= 15 is 0 Å². The molecule has 0 unspecified atom stereocenters. The molecule has 3 aromatic rings. The van der Waals surface area contributed by atoms with E-state index in [9.17, 15) is 9.59 Å². The summed E-state index contributed by atoms with van der Waals surface area (Å²) >= 11 is 0. The third-order valence-corrected chi connectivity index (χ3v) is 4.73. The molecule has 6 heteroatoms. The van der Waals surface area contributed by atoms with Gasteiger partial charge in [0, 0.05) is 16.5 Å². The van der Waals surface area contributed by atoms with E-state index in [0.29, 0.717) is 17.7 Å². The number of amides is 2. The zero-order valence-electron chi connectivity index (χ0n) is 15.2. The van der Waals surface area contributed by atoms with Crippen LogP contribution in [-0.2, 0) is 4.79 Å². The molecular formula is C21H22N2O4. The molecule has 3 N–H and O–H groups in total. The van der Waals surface area contributed by atoms with Gasteiger partial charge in [-0.2, -0.15) is 0 Å². The fourth-order valence-electron chi connectivity index (χ4n) is 2.93. The summed E-state index contributed by atoms with van der Waals surface area (Å²) in [5.74, 6) is -0.481. The van der Waals surface area contributed by atoms with Crippen LogP contribution in [-0.4, -0.2) is 23.1 Å². The largest absolute Gasteiger partial charge is 0.456 e. The Hall–Kier alpha value is -3.12. The second-order valence-corrected chi connectivity index (χ2v) is 6.54. The lowest BCUT2D eigenvalue weighted by atomic mass is 9.98. The number of carbonyl (C=O) groups excluding carboxylic acids is 2. The van der Waals surface area contributed by atoms with Crippen LogP contribution in [0.25, 0.3) is 22.3 Å². The lowest BCUT2D eigenvalue weighted by Crippen LogP contribution is -2.49. The number of benzene rings is 2. The highest BCUT2D eigenvalue weighted by Crippen LogP contribution is 2.28. The van der Waals surface area contributed by atoms with Crippen LogP contribution in [0.4, 0.5) is 0 Å². The van der Waals surface area contributed by atoms with E-state index in [4.69, 9.17) is 9.62 Å². The van der Waals surface area contributed by atoms with Crippen LogP contribution < -0.4 is 10.8 Å². The van der Waals surface area contributed by atoms with Crippen molar-refractivity contribution >= 4 is 22.8 Å². The highest BCUT2D eigenvalue weighted by molar-refractivity contribution is 5.98. The lowest BCUT2D eigenvalue weighted by molar-refractivity contribution is -0.132. The number of hydroxylamine groups is 1. The van der Waals surface area contributed by atoms with Crippen molar-refractivity contribution in [3.05, 3.63) is 60.2 Å². The van der Waals surface area contributed by atoms with Gasteiger partial charge in [0.25, 0.3) is 11.8 Å². The number of rotatable bonds is 6. The minimum absolute atomic E-state index is 0.125. The number of para-hydroxylation sites is 1. The first-order valence-electron chi connectivity index (χ1n) is 8.87. The van der Waals surface area contributed by atoms with Crippen molar-refractivity contribution in [3.8, 4) is 11.3 Å². The van der Waals surface area contributed by atoms with Gasteiger partial charge in [-0.3, -0.25) is 14.8 Å². The molecule has 27 heavy (non-hydrogen) atoms. The maximum absolute atomic E-state index is 12.6. The molecule has 1 heterocycles. The van der Waals surface area contributed by atoms with E-state index in [2.05, 4.69) is 5.32 Å². The Morgan fingerprint density at radius 3 is 2.59 bits per heavy atom. The molecule has 0 bridgehead atoms. The molecule has 0 radical (unpaired) electrons. The van der Waals surface area contributed by atoms with Crippen molar-refractivity contribution in [3.63, 3.8) is 0 Å². The first-order valence-corrected chi connectivity index (χ1v) is 8.87. The maximum atomic E-state index is 12.6. The molecule has 0 saturated heterocycles. The van der Waals surface area contributed by atoms with Crippen molar-refractivity contribution in [2.75, 3.05) is 0 Å². The molecule has 2 amide bonds. The third kappa shape index (κ3) is 4.01. The standard InChI is InChI=1S/C21H22N2O4/c1-3-13(2)19(21(25)23-26)22-20(24)16-9-6-8-14(11-16)18-12-15-7-4-5-10-17(15)27-18/h4-13,19,26H,3H2,1-2H3,(H,22,24)(H,23,25)/t13-,19-/m0/s1. The molecule has 1 aromatic heterocycles. The topological polar surface area (TPSA) is 91.6 Å². The second kappa shape index (κ2) is 8.05. The van der Waals surface area contributed by atoms with Gasteiger partial charge in [-0.05, 0) is 30.2 Å². The Balaban J connectivity index is 1.85. The number of fused-ring (bicyclic) bond motifs is 1. The van der Waals surface area contributed by atoms with Gasteiger partial charge in [-0.25, -0.2) is 5.48 Å². The quantitative estimate of drug-likeness (QED) is 0.458. The molecule has 6 nitrogen and oxygen atoms in total.